The summed E-state index contributed by atoms with van der Waals surface area (Å²) in [7, 11) is 3.47. The first kappa shape index (κ1) is 15.0. The molecule has 0 bridgehead atoms. The van der Waals surface area contributed by atoms with E-state index in [0.29, 0.717) is 19.4 Å². The fourth-order valence-electron chi connectivity index (χ4n) is 2.30. The largest absolute Gasteiger partial charge is 0.383 e. The molecule has 0 saturated heterocycles. The summed E-state index contributed by atoms with van der Waals surface area (Å²) in [5.41, 5.74) is 3.93. The highest BCUT2D eigenvalue weighted by atomic mass is 16.5. The van der Waals surface area contributed by atoms with Crippen molar-refractivity contribution in [2.45, 2.75) is 33.2 Å². The molecule has 3 heteroatoms. The number of aryl methyl sites for hydroxylation is 2. The van der Waals surface area contributed by atoms with Crippen molar-refractivity contribution in [3.05, 3.63) is 29.3 Å². The molecule has 0 spiro atoms. The molecule has 1 aromatic carbocycles. The summed E-state index contributed by atoms with van der Waals surface area (Å²) in [6.45, 7) is 7.78. The molecule has 18 heavy (non-hydrogen) atoms. The zero-order valence-electron chi connectivity index (χ0n) is 12.2. The zero-order chi connectivity index (χ0) is 13.5. The summed E-state index contributed by atoms with van der Waals surface area (Å²) in [5.74, 6) is 0. The van der Waals surface area contributed by atoms with E-state index in [1.165, 1.54) is 16.8 Å². The second kappa shape index (κ2) is 7.39. The van der Waals surface area contributed by atoms with Gasteiger partial charge in [0.25, 0.3) is 0 Å². The zero-order valence-corrected chi connectivity index (χ0v) is 12.2. The first-order chi connectivity index (χ1) is 8.65. The number of para-hydroxylation sites is 1. The normalized spacial score (nSPS) is 12.5. The Morgan fingerprint density at radius 3 is 2.50 bits per heavy atom. The van der Waals surface area contributed by atoms with Crippen LogP contribution in [0.3, 0.4) is 0 Å². The van der Waals surface area contributed by atoms with E-state index >= 15 is 0 Å². The molecular formula is C15H25NO2. The molecule has 0 fully saturated rings. The van der Waals surface area contributed by atoms with Crippen LogP contribution in [0.4, 0.5) is 5.69 Å². The SMILES string of the molecule is CCc1cccc(C)c1N(COC)C(C)COC. The lowest BCUT2D eigenvalue weighted by Crippen LogP contribution is -2.38. The second-order valence-corrected chi connectivity index (χ2v) is 4.63. The Balaban J connectivity index is 3.11. The van der Waals surface area contributed by atoms with Gasteiger partial charge in [-0.25, -0.2) is 0 Å². The number of methoxy groups -OCH3 is 2. The summed E-state index contributed by atoms with van der Waals surface area (Å²) >= 11 is 0. The highest BCUT2D eigenvalue weighted by molar-refractivity contribution is 5.59. The Kier molecular flexibility index (Phi) is 6.16. The van der Waals surface area contributed by atoms with Crippen molar-refractivity contribution in [3.63, 3.8) is 0 Å². The van der Waals surface area contributed by atoms with Gasteiger partial charge in [0.15, 0.2) is 0 Å². The minimum Gasteiger partial charge on any atom is -0.383 e. The van der Waals surface area contributed by atoms with Crippen molar-refractivity contribution in [2.24, 2.45) is 0 Å². The van der Waals surface area contributed by atoms with Crippen molar-refractivity contribution in [2.75, 3.05) is 32.5 Å². The van der Waals surface area contributed by atoms with E-state index in [1.807, 2.05) is 0 Å². The van der Waals surface area contributed by atoms with Gasteiger partial charge in [-0.1, -0.05) is 25.1 Å². The summed E-state index contributed by atoms with van der Waals surface area (Å²) in [5, 5.41) is 0. The average Bonchev–Trinajstić information content (AvgIpc) is 2.36. The third-order valence-corrected chi connectivity index (χ3v) is 3.20. The molecule has 3 nitrogen and oxygen atoms in total. The summed E-state index contributed by atoms with van der Waals surface area (Å²) < 4.78 is 10.6. The Morgan fingerprint density at radius 2 is 1.94 bits per heavy atom. The lowest BCUT2D eigenvalue weighted by Gasteiger charge is -2.33. The van der Waals surface area contributed by atoms with E-state index in [2.05, 4.69) is 43.9 Å². The quantitative estimate of drug-likeness (QED) is 0.695. The molecule has 0 aliphatic heterocycles. The fraction of sp³-hybridized carbons (Fsp3) is 0.600. The second-order valence-electron chi connectivity index (χ2n) is 4.63. The highest BCUT2D eigenvalue weighted by Gasteiger charge is 2.18. The van der Waals surface area contributed by atoms with E-state index in [1.54, 1.807) is 14.2 Å². The van der Waals surface area contributed by atoms with Crippen molar-refractivity contribution >= 4 is 5.69 Å². The topological polar surface area (TPSA) is 21.7 Å². The molecule has 0 N–H and O–H groups in total. The number of benzene rings is 1. The standard InChI is InChI=1S/C15H25NO2/c1-6-14-9-7-8-12(2)15(14)16(11-18-5)13(3)10-17-4/h7-9,13H,6,10-11H2,1-5H3. The molecule has 102 valence electrons. The van der Waals surface area contributed by atoms with Gasteiger partial charge in [-0.2, -0.15) is 0 Å². The van der Waals surface area contributed by atoms with Gasteiger partial charge in [0.2, 0.25) is 0 Å². The van der Waals surface area contributed by atoms with Gasteiger partial charge >= 0.3 is 0 Å². The fourth-order valence-corrected chi connectivity index (χ4v) is 2.30. The van der Waals surface area contributed by atoms with E-state index in [9.17, 15) is 0 Å². The average molecular weight is 251 g/mol. The first-order valence-electron chi connectivity index (χ1n) is 6.48. The van der Waals surface area contributed by atoms with Crippen molar-refractivity contribution < 1.29 is 9.47 Å². The smallest absolute Gasteiger partial charge is 0.118 e. The van der Waals surface area contributed by atoms with E-state index in [4.69, 9.17) is 9.47 Å². The van der Waals surface area contributed by atoms with Gasteiger partial charge in [0.05, 0.1) is 12.6 Å². The van der Waals surface area contributed by atoms with Crippen LogP contribution < -0.4 is 4.90 Å². The van der Waals surface area contributed by atoms with E-state index < -0.39 is 0 Å². The van der Waals surface area contributed by atoms with Crippen molar-refractivity contribution in [1.82, 2.24) is 0 Å². The number of hydrogen-bond donors (Lipinski definition) is 0. The maximum Gasteiger partial charge on any atom is 0.118 e. The molecule has 0 heterocycles. The minimum absolute atomic E-state index is 0.293. The molecular weight excluding hydrogens is 226 g/mol. The van der Waals surface area contributed by atoms with Crippen LogP contribution in [-0.4, -0.2) is 33.6 Å². The van der Waals surface area contributed by atoms with Gasteiger partial charge in [-0.3, -0.25) is 0 Å². The van der Waals surface area contributed by atoms with Crippen LogP contribution in [0.25, 0.3) is 0 Å². The minimum atomic E-state index is 0.293. The monoisotopic (exact) mass is 251 g/mol. The van der Waals surface area contributed by atoms with Crippen LogP contribution in [0.1, 0.15) is 25.0 Å². The molecule has 0 amide bonds. The summed E-state index contributed by atoms with van der Waals surface area (Å²) in [6, 6.07) is 6.74. The third-order valence-electron chi connectivity index (χ3n) is 3.20. The Morgan fingerprint density at radius 1 is 1.22 bits per heavy atom. The van der Waals surface area contributed by atoms with Gasteiger partial charge < -0.3 is 14.4 Å². The van der Waals surface area contributed by atoms with Crippen LogP contribution in [-0.2, 0) is 15.9 Å². The van der Waals surface area contributed by atoms with Crippen LogP contribution in [0.15, 0.2) is 18.2 Å². The summed E-state index contributed by atoms with van der Waals surface area (Å²) in [4.78, 5) is 2.28. The molecule has 0 aliphatic rings. The number of hydrogen-bond acceptors (Lipinski definition) is 3. The van der Waals surface area contributed by atoms with E-state index in [0.717, 1.165) is 6.42 Å². The highest BCUT2D eigenvalue weighted by Crippen LogP contribution is 2.27. The van der Waals surface area contributed by atoms with Gasteiger partial charge in [0.1, 0.15) is 6.73 Å². The molecule has 1 atom stereocenters. The third kappa shape index (κ3) is 3.47. The Hall–Kier alpha value is -1.06. The van der Waals surface area contributed by atoms with Crippen LogP contribution in [0, 0.1) is 6.92 Å². The predicted octanol–water partition coefficient (Wildman–Crippen LogP) is 3.00. The molecule has 0 aromatic heterocycles. The lowest BCUT2D eigenvalue weighted by molar-refractivity contribution is 0.149. The number of rotatable bonds is 7. The number of nitrogens with zero attached hydrogens (tertiary/aromatic N) is 1. The van der Waals surface area contributed by atoms with Crippen LogP contribution in [0.2, 0.25) is 0 Å². The number of anilines is 1. The maximum atomic E-state index is 5.35. The number of ether oxygens (including phenoxy) is 2. The van der Waals surface area contributed by atoms with Gasteiger partial charge in [-0.15, -0.1) is 0 Å². The van der Waals surface area contributed by atoms with Gasteiger partial charge in [0, 0.05) is 19.9 Å². The van der Waals surface area contributed by atoms with Crippen molar-refractivity contribution in [1.29, 1.82) is 0 Å². The molecule has 0 saturated carbocycles. The Bertz CT molecular complexity index is 366. The lowest BCUT2D eigenvalue weighted by atomic mass is 10.0. The first-order valence-corrected chi connectivity index (χ1v) is 6.48. The van der Waals surface area contributed by atoms with Crippen molar-refractivity contribution in [3.8, 4) is 0 Å². The van der Waals surface area contributed by atoms with Gasteiger partial charge in [-0.05, 0) is 31.4 Å². The Labute approximate surface area is 111 Å². The molecule has 1 aromatic rings. The van der Waals surface area contributed by atoms with Crippen LogP contribution >= 0.6 is 0 Å². The molecule has 1 rings (SSSR count). The molecule has 0 radical (unpaired) electrons. The molecule has 1 unspecified atom stereocenters. The van der Waals surface area contributed by atoms with Crippen LogP contribution in [0.5, 0.6) is 0 Å². The summed E-state index contributed by atoms with van der Waals surface area (Å²) in [6.07, 6.45) is 1.02. The van der Waals surface area contributed by atoms with E-state index in [-0.39, 0.29) is 0 Å². The molecule has 0 aliphatic carbocycles. The maximum absolute atomic E-state index is 5.35. The predicted molar refractivity (Wildman–Crippen MR) is 76.3 cm³/mol.